The summed E-state index contributed by atoms with van der Waals surface area (Å²) >= 11 is 0. The fourth-order valence-corrected chi connectivity index (χ4v) is 13.7. The van der Waals surface area contributed by atoms with Crippen LogP contribution in [0.5, 0.6) is 0 Å². The fourth-order valence-electron chi connectivity index (χ4n) is 13.7. The van der Waals surface area contributed by atoms with Crippen molar-refractivity contribution in [2.45, 2.75) is 166 Å². The predicted octanol–water partition coefficient (Wildman–Crippen LogP) is 3.48. The maximum absolute atomic E-state index is 15.3. The van der Waals surface area contributed by atoms with Crippen LogP contribution in [-0.4, -0.2) is 109 Å². The van der Waals surface area contributed by atoms with E-state index in [0.717, 1.165) is 30.5 Å². The van der Waals surface area contributed by atoms with E-state index in [4.69, 9.17) is 10.5 Å². The van der Waals surface area contributed by atoms with Crippen molar-refractivity contribution in [2.75, 3.05) is 19.8 Å². The van der Waals surface area contributed by atoms with E-state index in [9.17, 15) is 35.7 Å². The number of carbonyl (C=O) groups excluding carboxylic acids is 1. The molecule has 5 aliphatic carbocycles. The Morgan fingerprint density at radius 3 is 2.56 bits per heavy atom. The van der Waals surface area contributed by atoms with Gasteiger partial charge in [-0.3, -0.25) is 4.79 Å². The van der Waals surface area contributed by atoms with E-state index in [2.05, 4.69) is 36.6 Å². The topological polar surface area (TPSA) is 218 Å². The van der Waals surface area contributed by atoms with Gasteiger partial charge in [0.05, 0.1) is 54.1 Å². The Balaban J connectivity index is 1.33. The second-order valence-electron chi connectivity index (χ2n) is 20.4. The van der Waals surface area contributed by atoms with Crippen LogP contribution < -0.4 is 16.4 Å². The average Bonchev–Trinajstić information content (AvgIpc) is 3.64. The summed E-state index contributed by atoms with van der Waals surface area (Å²) < 4.78 is 6.32. The van der Waals surface area contributed by atoms with Gasteiger partial charge in [-0.05, 0) is 124 Å². The minimum atomic E-state index is -1.65. The number of fused-ring (bicyclic) bond motifs is 2. The molecule has 7 aliphatic rings. The van der Waals surface area contributed by atoms with Crippen molar-refractivity contribution in [1.29, 1.82) is 0 Å². The molecule has 1 spiro atoms. The van der Waals surface area contributed by atoms with Gasteiger partial charge in [0.25, 0.3) is 0 Å². The quantitative estimate of drug-likeness (QED) is 0.0849. The van der Waals surface area contributed by atoms with Gasteiger partial charge in [0.1, 0.15) is 6.10 Å². The number of ether oxygens (including phenoxy) is 1. The number of unbranched alkanes of at least 4 members (excludes halogenated alkanes) is 3. The first-order valence-electron chi connectivity index (χ1n) is 23.0. The van der Waals surface area contributed by atoms with Crippen LogP contribution in [0.25, 0.3) is 0 Å². The number of nitrogens with one attached hydrogen (secondary N) is 2. The number of aliphatic hydroxyl groups excluding tert-OH is 5. The minimum Gasteiger partial charge on any atom is -0.396 e. The SMILES string of the molecule is CCCCCC[C@@H]1CO[C@@H]([C@@H](O)[C@](C)(O)[C@H]2CC[C@@]3(O)C4=C(NC[C@H](C)O)C(=O)[C@@H]5C[C@@H](O)[C@@H](O)C[C@@]56C[C@H](C5=C(CCCO)NC(N)C=C5)C=C[C@H](C[C@]23C)[C@@H]46)[C@H]1C. The molecule has 12 heteroatoms. The molecule has 0 radical (unpaired) electrons. The summed E-state index contributed by atoms with van der Waals surface area (Å²) in [4.78, 5) is 15.3. The van der Waals surface area contributed by atoms with E-state index in [-0.39, 0.29) is 67.6 Å². The van der Waals surface area contributed by atoms with Gasteiger partial charge in [-0.1, -0.05) is 64.7 Å². The molecule has 12 nitrogen and oxygen atoms in total. The lowest BCUT2D eigenvalue weighted by Gasteiger charge is -2.64. The van der Waals surface area contributed by atoms with Gasteiger partial charge in [0.15, 0.2) is 5.78 Å². The number of hydrogen-bond acceptors (Lipinski definition) is 12. The number of ketones is 1. The zero-order valence-electron chi connectivity index (χ0n) is 36.2. The van der Waals surface area contributed by atoms with E-state index in [1.165, 1.54) is 12.8 Å². The maximum Gasteiger partial charge on any atom is 0.182 e. The van der Waals surface area contributed by atoms with Gasteiger partial charge in [0.2, 0.25) is 0 Å². The Morgan fingerprint density at radius 1 is 1.08 bits per heavy atom. The minimum absolute atomic E-state index is 0.0191. The number of nitrogens with two attached hydrogens (primary N) is 1. The van der Waals surface area contributed by atoms with E-state index in [0.29, 0.717) is 44.3 Å². The summed E-state index contributed by atoms with van der Waals surface area (Å²) in [6, 6.07) is 0. The third-order valence-corrected chi connectivity index (χ3v) is 16.7. The van der Waals surface area contributed by atoms with Crippen LogP contribution in [0.3, 0.4) is 0 Å². The molecule has 0 aromatic carbocycles. The number of aliphatic hydroxyl groups is 7. The molecule has 11 N–H and O–H groups in total. The molecule has 1 saturated heterocycles. The number of Topliss-reactive ketones (excluding diaryl/α,β-unsaturated/α-hetero) is 1. The molecule has 1 unspecified atom stereocenters. The van der Waals surface area contributed by atoms with Crippen molar-refractivity contribution in [3.63, 3.8) is 0 Å². The molecule has 2 heterocycles. The van der Waals surface area contributed by atoms with Gasteiger partial charge in [0, 0.05) is 36.1 Å². The zero-order valence-corrected chi connectivity index (χ0v) is 36.2. The van der Waals surface area contributed by atoms with Crippen molar-refractivity contribution < 1.29 is 45.3 Å². The Hall–Kier alpha value is -2.13. The average molecular weight is 826 g/mol. The highest BCUT2D eigenvalue weighted by atomic mass is 16.5. The predicted molar refractivity (Wildman–Crippen MR) is 225 cm³/mol. The van der Waals surface area contributed by atoms with Gasteiger partial charge in [-0.25, -0.2) is 0 Å². The number of allylic oxidation sites excluding steroid dienone is 6. The molecule has 2 aliphatic heterocycles. The second kappa shape index (κ2) is 17.2. The van der Waals surface area contributed by atoms with E-state index in [1.54, 1.807) is 13.8 Å². The zero-order chi connectivity index (χ0) is 42.7. The largest absolute Gasteiger partial charge is 0.396 e. The smallest absolute Gasteiger partial charge is 0.182 e. The van der Waals surface area contributed by atoms with E-state index >= 15 is 4.79 Å². The fraction of sp³-hybridized carbons (Fsp3) is 0.809. The lowest BCUT2D eigenvalue weighted by Crippen LogP contribution is -2.67. The number of carbonyl (C=O) groups is 1. The number of dihydropyridines is 1. The van der Waals surface area contributed by atoms with Crippen molar-refractivity contribution in [2.24, 2.45) is 58.0 Å². The maximum atomic E-state index is 15.3. The van der Waals surface area contributed by atoms with E-state index in [1.807, 2.05) is 19.1 Å². The molecule has 59 heavy (non-hydrogen) atoms. The summed E-state index contributed by atoms with van der Waals surface area (Å²) in [6.07, 6.45) is 11.8. The molecule has 4 fully saturated rings. The molecule has 0 amide bonds. The molecule has 7 rings (SSSR count). The normalized spacial score (nSPS) is 43.7. The number of rotatable bonds is 15. The highest BCUT2D eigenvalue weighted by Crippen LogP contribution is 2.73. The van der Waals surface area contributed by atoms with Crippen LogP contribution in [-0.2, 0) is 9.53 Å². The van der Waals surface area contributed by atoms with Crippen LogP contribution in [0.2, 0.25) is 0 Å². The Morgan fingerprint density at radius 2 is 1.85 bits per heavy atom. The first-order valence-corrected chi connectivity index (χ1v) is 23.0. The van der Waals surface area contributed by atoms with E-state index < -0.39 is 76.5 Å². The lowest BCUT2D eigenvalue weighted by atomic mass is 9.41. The molecular weight excluding hydrogens is 751 g/mol. The Kier molecular flexibility index (Phi) is 13.1. The Labute approximate surface area is 351 Å². The van der Waals surface area contributed by atoms with Crippen molar-refractivity contribution in [3.8, 4) is 0 Å². The van der Waals surface area contributed by atoms with Crippen LogP contribution in [0, 0.1) is 52.3 Å². The number of hydrogen-bond donors (Lipinski definition) is 10. The van der Waals surface area contributed by atoms with Gasteiger partial charge >= 0.3 is 0 Å². The van der Waals surface area contributed by atoms with Gasteiger partial charge in [-0.2, -0.15) is 0 Å². The molecule has 0 aromatic heterocycles. The monoisotopic (exact) mass is 826 g/mol. The van der Waals surface area contributed by atoms with Gasteiger partial charge < -0.3 is 56.8 Å². The summed E-state index contributed by atoms with van der Waals surface area (Å²) in [5, 5.41) is 88.5. The molecule has 0 bridgehead atoms. The lowest BCUT2D eigenvalue weighted by molar-refractivity contribution is -0.201. The second-order valence-corrected chi connectivity index (χ2v) is 20.4. The van der Waals surface area contributed by atoms with Crippen LogP contribution in [0.15, 0.2) is 46.8 Å². The molecule has 332 valence electrons. The standard InChI is InChI=1S/C47H75N3O9/c1-6-7-8-9-11-30-25-59-42(27(30)3)43(56)45(5,57)36-17-18-47(58)39-38-29(21-44(36,47)4)14-13-28(31-15-16-37(48)50-33(31)12-10-19-51)22-46(38)23-35(54)34(53)20-32(46)41(55)40(39)49-24-26(2)52/h13-16,26-30,32,34-38,42-43,49-54,56-58H,6-12,17-25,48H2,1-5H3/t26-,27-,28+,29+,30+,32-,34+,35-,36-,37?,38-,42+,43+,44+,45+,46-,47+/m0/s1. The molecule has 17 atom stereocenters. The van der Waals surface area contributed by atoms with Crippen LogP contribution >= 0.6 is 0 Å². The summed E-state index contributed by atoms with van der Waals surface area (Å²) in [7, 11) is 0. The first kappa shape index (κ1) is 44.9. The summed E-state index contributed by atoms with van der Waals surface area (Å²) in [5.41, 5.74) is 4.00. The molecule has 3 saturated carbocycles. The Bertz CT molecular complexity index is 1680. The van der Waals surface area contributed by atoms with Crippen molar-refractivity contribution >= 4 is 5.78 Å². The highest BCUT2D eigenvalue weighted by Gasteiger charge is 2.73. The third kappa shape index (κ3) is 7.62. The molecular formula is C47H75N3O9. The summed E-state index contributed by atoms with van der Waals surface area (Å²) in [6.45, 7) is 10.3. The summed E-state index contributed by atoms with van der Waals surface area (Å²) in [5.74, 6) is -2.02. The molecule has 0 aromatic rings. The van der Waals surface area contributed by atoms with Gasteiger partial charge in [-0.15, -0.1) is 0 Å². The van der Waals surface area contributed by atoms with Crippen molar-refractivity contribution in [3.05, 3.63) is 46.8 Å². The van der Waals surface area contributed by atoms with Crippen molar-refractivity contribution in [1.82, 2.24) is 10.6 Å². The van der Waals surface area contributed by atoms with Crippen LogP contribution in [0.1, 0.15) is 118 Å². The highest BCUT2D eigenvalue weighted by molar-refractivity contribution is 6.00. The third-order valence-electron chi connectivity index (χ3n) is 16.7. The first-order chi connectivity index (χ1) is 27.9. The van der Waals surface area contributed by atoms with Crippen LogP contribution in [0.4, 0.5) is 0 Å².